The smallest absolute Gasteiger partial charge is 0.165 e. The molecule has 0 bridgehead atoms. The van der Waals surface area contributed by atoms with Crippen molar-refractivity contribution in [1.82, 2.24) is 20.0 Å². The maximum absolute atomic E-state index is 6.30. The van der Waals surface area contributed by atoms with Crippen molar-refractivity contribution in [3.8, 4) is 33.4 Å². The first-order valence-corrected chi connectivity index (χ1v) is 9.99. The van der Waals surface area contributed by atoms with Gasteiger partial charge in [-0.05, 0) is 43.3 Å². The summed E-state index contributed by atoms with van der Waals surface area (Å²) in [6.07, 6.45) is 0. The van der Waals surface area contributed by atoms with Gasteiger partial charge in [0.15, 0.2) is 11.5 Å². The van der Waals surface area contributed by atoms with Gasteiger partial charge in [0, 0.05) is 15.4 Å². The van der Waals surface area contributed by atoms with E-state index in [0.29, 0.717) is 18.1 Å². The van der Waals surface area contributed by atoms with E-state index in [2.05, 4.69) is 31.2 Å². The SMILES string of the molecule is CCOc1ccc(-n2nnc(-c3nc(-c4cccc(Br)c4)cs3)c2N)cc1. The Bertz CT molecular complexity index is 1070. The van der Waals surface area contributed by atoms with E-state index in [0.717, 1.165) is 32.2 Å². The number of anilines is 1. The average molecular weight is 442 g/mol. The van der Waals surface area contributed by atoms with E-state index in [1.165, 1.54) is 11.3 Å². The van der Waals surface area contributed by atoms with Crippen molar-refractivity contribution in [2.45, 2.75) is 6.92 Å². The predicted molar refractivity (Wildman–Crippen MR) is 111 cm³/mol. The molecule has 0 fully saturated rings. The van der Waals surface area contributed by atoms with Gasteiger partial charge in [-0.3, -0.25) is 0 Å². The molecule has 136 valence electrons. The minimum atomic E-state index is 0.453. The second-order valence-electron chi connectivity index (χ2n) is 5.71. The second kappa shape index (κ2) is 7.50. The van der Waals surface area contributed by atoms with Gasteiger partial charge in [-0.15, -0.1) is 16.4 Å². The van der Waals surface area contributed by atoms with Crippen LogP contribution in [0.4, 0.5) is 5.82 Å². The van der Waals surface area contributed by atoms with Gasteiger partial charge in [-0.25, -0.2) is 4.98 Å². The molecule has 8 heteroatoms. The molecule has 0 spiro atoms. The Labute approximate surface area is 168 Å². The second-order valence-corrected chi connectivity index (χ2v) is 7.48. The lowest BCUT2D eigenvalue weighted by Gasteiger charge is -2.05. The normalized spacial score (nSPS) is 10.9. The van der Waals surface area contributed by atoms with Crippen LogP contribution in [-0.2, 0) is 0 Å². The number of rotatable bonds is 5. The van der Waals surface area contributed by atoms with E-state index in [-0.39, 0.29) is 0 Å². The van der Waals surface area contributed by atoms with E-state index in [4.69, 9.17) is 10.5 Å². The summed E-state index contributed by atoms with van der Waals surface area (Å²) >= 11 is 4.98. The fraction of sp³-hybridized carbons (Fsp3) is 0.105. The first kappa shape index (κ1) is 17.7. The minimum Gasteiger partial charge on any atom is -0.494 e. The zero-order chi connectivity index (χ0) is 18.8. The summed E-state index contributed by atoms with van der Waals surface area (Å²) in [7, 11) is 0. The van der Waals surface area contributed by atoms with E-state index in [1.54, 1.807) is 4.68 Å². The number of thiazole rings is 1. The highest BCUT2D eigenvalue weighted by Crippen LogP contribution is 2.32. The Balaban J connectivity index is 1.64. The summed E-state index contributed by atoms with van der Waals surface area (Å²) in [5.74, 6) is 1.26. The molecule has 6 nitrogen and oxygen atoms in total. The molecule has 0 saturated carbocycles. The zero-order valence-corrected chi connectivity index (χ0v) is 16.9. The van der Waals surface area contributed by atoms with Crippen molar-refractivity contribution in [3.05, 3.63) is 58.4 Å². The van der Waals surface area contributed by atoms with Gasteiger partial charge in [-0.1, -0.05) is 33.3 Å². The Morgan fingerprint density at radius 2 is 2.00 bits per heavy atom. The predicted octanol–water partition coefficient (Wildman–Crippen LogP) is 4.80. The minimum absolute atomic E-state index is 0.453. The van der Waals surface area contributed by atoms with Crippen molar-refractivity contribution in [2.75, 3.05) is 12.3 Å². The van der Waals surface area contributed by atoms with Crippen molar-refractivity contribution in [2.24, 2.45) is 0 Å². The van der Waals surface area contributed by atoms with Gasteiger partial charge in [0.25, 0.3) is 0 Å². The molecule has 0 amide bonds. The van der Waals surface area contributed by atoms with Crippen LogP contribution < -0.4 is 10.5 Å². The zero-order valence-electron chi connectivity index (χ0n) is 14.5. The average Bonchev–Trinajstić information content (AvgIpc) is 3.30. The van der Waals surface area contributed by atoms with Crippen LogP contribution in [0.2, 0.25) is 0 Å². The number of hydrogen-bond donors (Lipinski definition) is 1. The molecule has 0 atom stereocenters. The number of benzene rings is 2. The highest BCUT2D eigenvalue weighted by molar-refractivity contribution is 9.10. The molecule has 2 N–H and O–H groups in total. The summed E-state index contributed by atoms with van der Waals surface area (Å²) < 4.78 is 8.08. The van der Waals surface area contributed by atoms with Crippen LogP contribution in [0.25, 0.3) is 27.6 Å². The first-order chi connectivity index (χ1) is 13.2. The Kier molecular flexibility index (Phi) is 4.91. The van der Waals surface area contributed by atoms with Gasteiger partial charge in [-0.2, -0.15) is 4.68 Å². The first-order valence-electron chi connectivity index (χ1n) is 8.32. The fourth-order valence-corrected chi connectivity index (χ4v) is 3.86. The highest BCUT2D eigenvalue weighted by atomic mass is 79.9. The van der Waals surface area contributed by atoms with E-state index in [1.807, 2.05) is 60.8 Å². The molecule has 2 aromatic carbocycles. The van der Waals surface area contributed by atoms with Gasteiger partial charge in [0.05, 0.1) is 18.0 Å². The van der Waals surface area contributed by atoms with Crippen LogP contribution in [0.3, 0.4) is 0 Å². The van der Waals surface area contributed by atoms with Crippen molar-refractivity contribution < 1.29 is 4.74 Å². The van der Waals surface area contributed by atoms with Crippen molar-refractivity contribution >= 4 is 33.1 Å². The number of nitrogen functional groups attached to an aromatic ring is 1. The molecular formula is C19H16BrN5OS. The van der Waals surface area contributed by atoms with Gasteiger partial charge in [0.1, 0.15) is 10.8 Å². The molecule has 0 saturated heterocycles. The largest absolute Gasteiger partial charge is 0.494 e. The quantitative estimate of drug-likeness (QED) is 0.480. The number of ether oxygens (including phenoxy) is 1. The lowest BCUT2D eigenvalue weighted by Crippen LogP contribution is -2.02. The third-order valence-electron chi connectivity index (χ3n) is 3.92. The Morgan fingerprint density at radius 1 is 1.19 bits per heavy atom. The molecule has 2 heterocycles. The lowest BCUT2D eigenvalue weighted by molar-refractivity contribution is 0.340. The molecule has 0 radical (unpaired) electrons. The number of nitrogens with zero attached hydrogens (tertiary/aromatic N) is 4. The van der Waals surface area contributed by atoms with E-state index < -0.39 is 0 Å². The molecule has 0 aliphatic carbocycles. The molecule has 0 unspecified atom stereocenters. The van der Waals surface area contributed by atoms with Crippen LogP contribution in [0.15, 0.2) is 58.4 Å². The molecule has 2 aromatic heterocycles. The van der Waals surface area contributed by atoms with Crippen LogP contribution in [0.5, 0.6) is 5.75 Å². The van der Waals surface area contributed by atoms with Gasteiger partial charge < -0.3 is 10.5 Å². The topological polar surface area (TPSA) is 78.8 Å². The van der Waals surface area contributed by atoms with Gasteiger partial charge in [0.2, 0.25) is 0 Å². The summed E-state index contributed by atoms with van der Waals surface area (Å²) in [5.41, 5.74) is 9.61. The van der Waals surface area contributed by atoms with Gasteiger partial charge >= 0.3 is 0 Å². The van der Waals surface area contributed by atoms with Crippen molar-refractivity contribution in [1.29, 1.82) is 0 Å². The molecule has 27 heavy (non-hydrogen) atoms. The number of nitrogens with two attached hydrogens (primary N) is 1. The number of halogens is 1. The molecule has 0 aliphatic heterocycles. The highest BCUT2D eigenvalue weighted by Gasteiger charge is 2.17. The van der Waals surface area contributed by atoms with Crippen LogP contribution >= 0.6 is 27.3 Å². The van der Waals surface area contributed by atoms with Crippen LogP contribution in [0, 0.1) is 0 Å². The number of hydrogen-bond acceptors (Lipinski definition) is 6. The van der Waals surface area contributed by atoms with Crippen molar-refractivity contribution in [3.63, 3.8) is 0 Å². The third kappa shape index (κ3) is 3.58. The van der Waals surface area contributed by atoms with Crippen LogP contribution in [0.1, 0.15) is 6.92 Å². The van der Waals surface area contributed by atoms with E-state index >= 15 is 0 Å². The lowest BCUT2D eigenvalue weighted by atomic mass is 10.2. The van der Waals surface area contributed by atoms with Crippen LogP contribution in [-0.4, -0.2) is 26.6 Å². The standard InChI is InChI=1S/C19H16BrN5OS/c1-2-26-15-8-6-14(7-9-15)25-18(21)17(23-24-25)19-22-16(11-27-19)12-4-3-5-13(20)10-12/h3-11H,2,21H2,1H3. The summed E-state index contributed by atoms with van der Waals surface area (Å²) in [4.78, 5) is 4.68. The summed E-state index contributed by atoms with van der Waals surface area (Å²) in [6, 6.07) is 15.6. The maximum Gasteiger partial charge on any atom is 0.165 e. The fourth-order valence-electron chi connectivity index (χ4n) is 2.65. The third-order valence-corrected chi connectivity index (χ3v) is 5.27. The number of aromatic nitrogens is 4. The molecule has 4 rings (SSSR count). The monoisotopic (exact) mass is 441 g/mol. The Hall–Kier alpha value is -2.71. The Morgan fingerprint density at radius 3 is 2.74 bits per heavy atom. The molecule has 0 aliphatic rings. The molecular weight excluding hydrogens is 426 g/mol. The molecule has 4 aromatic rings. The van der Waals surface area contributed by atoms with E-state index in [9.17, 15) is 0 Å². The summed E-state index contributed by atoms with van der Waals surface area (Å²) in [6.45, 7) is 2.57. The maximum atomic E-state index is 6.30. The summed E-state index contributed by atoms with van der Waals surface area (Å²) in [5, 5.41) is 11.2.